The number of amides is 2. The van der Waals surface area contributed by atoms with Gasteiger partial charge in [-0.1, -0.05) is 23.9 Å². The summed E-state index contributed by atoms with van der Waals surface area (Å²) in [6.07, 6.45) is 0.650. The number of amidine groups is 1. The Labute approximate surface area is 237 Å². The van der Waals surface area contributed by atoms with E-state index < -0.39 is 5.25 Å². The highest BCUT2D eigenvalue weighted by atomic mass is 32.2. The van der Waals surface area contributed by atoms with Crippen LogP contribution in [0.4, 0.5) is 11.4 Å². The van der Waals surface area contributed by atoms with Crippen molar-refractivity contribution in [1.29, 1.82) is 0 Å². The molecule has 0 saturated heterocycles. The summed E-state index contributed by atoms with van der Waals surface area (Å²) in [7, 11) is 7.23. The molecule has 206 valence electrons. The van der Waals surface area contributed by atoms with Gasteiger partial charge in [-0.05, 0) is 71.8 Å². The Balaban J connectivity index is 1.34. The number of hydrazone groups is 1. The summed E-state index contributed by atoms with van der Waals surface area (Å²) in [4.78, 5) is 32.0. The van der Waals surface area contributed by atoms with E-state index in [-0.39, 0.29) is 24.3 Å². The zero-order valence-corrected chi connectivity index (χ0v) is 23.6. The second-order valence-corrected chi connectivity index (χ2v) is 10.8. The molecule has 0 aromatic heterocycles. The minimum Gasteiger partial charge on any atom is -0.497 e. The van der Waals surface area contributed by atoms with Crippen LogP contribution < -0.4 is 19.7 Å². The van der Waals surface area contributed by atoms with Crippen molar-refractivity contribution in [2.45, 2.75) is 24.1 Å². The maximum Gasteiger partial charge on any atom is 0.262 e. The molecule has 9 nitrogen and oxygen atoms in total. The average Bonchev–Trinajstić information content (AvgIpc) is 3.57. The third kappa shape index (κ3) is 5.96. The number of hydrogen-bond acceptors (Lipinski definition) is 8. The summed E-state index contributed by atoms with van der Waals surface area (Å²) in [6, 6.07) is 23.0. The van der Waals surface area contributed by atoms with Crippen LogP contribution >= 0.6 is 11.8 Å². The molecular formula is C30H31N5O4S. The SMILES string of the molecule is COc1ccc(NC(=O)CC2SC(N3N=C(c4ccc(OC)cc4)CC3c3ccc(N(C)C)cc3)=NC2=O)cc1. The van der Waals surface area contributed by atoms with Crippen LogP contribution in [-0.2, 0) is 9.59 Å². The molecule has 2 aliphatic heterocycles. The summed E-state index contributed by atoms with van der Waals surface area (Å²) < 4.78 is 10.5. The number of rotatable bonds is 8. The number of carbonyl (C=O) groups is 2. The fourth-order valence-corrected chi connectivity index (χ4v) is 5.62. The molecule has 0 saturated carbocycles. The molecule has 0 radical (unpaired) electrons. The molecule has 10 heteroatoms. The van der Waals surface area contributed by atoms with Crippen molar-refractivity contribution in [1.82, 2.24) is 5.01 Å². The van der Waals surface area contributed by atoms with Crippen LogP contribution in [0.5, 0.6) is 11.5 Å². The van der Waals surface area contributed by atoms with Crippen LogP contribution in [-0.4, -0.2) is 61.3 Å². The van der Waals surface area contributed by atoms with Gasteiger partial charge >= 0.3 is 0 Å². The van der Waals surface area contributed by atoms with E-state index in [1.54, 1.807) is 38.5 Å². The van der Waals surface area contributed by atoms with Gasteiger partial charge in [0.25, 0.3) is 5.91 Å². The number of aliphatic imine (C=N–C) groups is 1. The van der Waals surface area contributed by atoms with E-state index in [1.165, 1.54) is 11.8 Å². The smallest absolute Gasteiger partial charge is 0.262 e. The Bertz CT molecular complexity index is 1440. The number of methoxy groups -OCH3 is 2. The number of thioether (sulfide) groups is 1. The summed E-state index contributed by atoms with van der Waals surface area (Å²) in [5, 5.41) is 9.48. The molecule has 1 N–H and O–H groups in total. The van der Waals surface area contributed by atoms with Gasteiger partial charge in [0.05, 0.1) is 26.0 Å². The zero-order valence-electron chi connectivity index (χ0n) is 22.8. The van der Waals surface area contributed by atoms with Crippen LogP contribution in [0.3, 0.4) is 0 Å². The fourth-order valence-electron chi connectivity index (χ4n) is 4.56. The Morgan fingerprint density at radius 1 is 0.975 bits per heavy atom. The maximum atomic E-state index is 12.9. The molecule has 0 fully saturated rings. The highest BCUT2D eigenvalue weighted by molar-refractivity contribution is 8.15. The third-order valence-electron chi connectivity index (χ3n) is 6.80. The van der Waals surface area contributed by atoms with Crippen molar-refractivity contribution in [2.75, 3.05) is 38.5 Å². The largest absolute Gasteiger partial charge is 0.497 e. The molecule has 0 aliphatic carbocycles. The van der Waals surface area contributed by atoms with Gasteiger partial charge in [-0.25, -0.2) is 5.01 Å². The number of nitrogens with one attached hydrogen (secondary N) is 1. The lowest BCUT2D eigenvalue weighted by atomic mass is 9.98. The first-order valence-corrected chi connectivity index (χ1v) is 13.7. The zero-order chi connectivity index (χ0) is 28.2. The predicted molar refractivity (Wildman–Crippen MR) is 160 cm³/mol. The Morgan fingerprint density at radius 3 is 2.20 bits per heavy atom. The van der Waals surface area contributed by atoms with Crippen LogP contribution in [0.1, 0.15) is 30.0 Å². The van der Waals surface area contributed by atoms with Gasteiger partial charge in [0, 0.05) is 38.3 Å². The minimum atomic E-state index is -0.620. The summed E-state index contributed by atoms with van der Waals surface area (Å²) in [6.45, 7) is 0. The van der Waals surface area contributed by atoms with E-state index >= 15 is 0 Å². The summed E-state index contributed by atoms with van der Waals surface area (Å²) >= 11 is 1.28. The van der Waals surface area contributed by atoms with Gasteiger partial charge in [-0.15, -0.1) is 0 Å². The average molecular weight is 558 g/mol. The molecule has 0 bridgehead atoms. The lowest BCUT2D eigenvalue weighted by molar-refractivity contribution is -0.121. The molecule has 2 aliphatic rings. The quantitative estimate of drug-likeness (QED) is 0.419. The van der Waals surface area contributed by atoms with Gasteiger partial charge < -0.3 is 19.7 Å². The Morgan fingerprint density at radius 2 is 1.60 bits per heavy atom. The number of anilines is 2. The lowest BCUT2D eigenvalue weighted by Crippen LogP contribution is -2.25. The monoisotopic (exact) mass is 557 g/mol. The van der Waals surface area contributed by atoms with Crippen molar-refractivity contribution in [3.05, 3.63) is 83.9 Å². The van der Waals surface area contributed by atoms with E-state index in [0.717, 1.165) is 28.3 Å². The second-order valence-electron chi connectivity index (χ2n) is 9.65. The van der Waals surface area contributed by atoms with Gasteiger partial charge in [0.15, 0.2) is 5.17 Å². The fraction of sp³-hybridized carbons (Fsp3) is 0.267. The van der Waals surface area contributed by atoms with Crippen molar-refractivity contribution in [2.24, 2.45) is 10.1 Å². The highest BCUT2D eigenvalue weighted by Crippen LogP contribution is 2.39. The topological polar surface area (TPSA) is 95.8 Å². The molecular weight excluding hydrogens is 526 g/mol. The first-order chi connectivity index (χ1) is 19.3. The Hall–Kier alpha value is -4.31. The first-order valence-electron chi connectivity index (χ1n) is 12.9. The lowest BCUT2D eigenvalue weighted by Gasteiger charge is -2.24. The molecule has 3 aromatic carbocycles. The minimum absolute atomic E-state index is 0.00756. The standard InChI is InChI=1S/C30H31N5O4S/c1-34(2)22-11-5-20(6-12-22)26-17-25(19-7-13-23(38-3)14-8-19)33-35(26)30-32-29(37)27(40-30)18-28(36)31-21-9-15-24(39-4)16-10-21/h5-16,26-27H,17-18H2,1-4H3,(H,31,36). The van der Waals surface area contributed by atoms with E-state index in [4.69, 9.17) is 14.6 Å². The van der Waals surface area contributed by atoms with Gasteiger partial charge in [0.1, 0.15) is 16.7 Å². The number of ether oxygens (including phenoxy) is 2. The van der Waals surface area contributed by atoms with Gasteiger partial charge in [0.2, 0.25) is 5.91 Å². The van der Waals surface area contributed by atoms with Gasteiger partial charge in [-0.3, -0.25) is 9.59 Å². The van der Waals surface area contributed by atoms with Crippen molar-refractivity contribution in [3.63, 3.8) is 0 Å². The molecule has 2 heterocycles. The number of hydrogen-bond donors (Lipinski definition) is 1. The number of benzene rings is 3. The molecule has 2 unspecified atom stereocenters. The summed E-state index contributed by atoms with van der Waals surface area (Å²) in [5.41, 5.74) is 4.66. The normalized spacial score (nSPS) is 18.3. The number of carbonyl (C=O) groups excluding carboxylic acids is 2. The van der Waals surface area contributed by atoms with Crippen molar-refractivity contribution >= 4 is 45.8 Å². The first kappa shape index (κ1) is 27.3. The second kappa shape index (κ2) is 11.8. The van der Waals surface area contributed by atoms with Crippen molar-refractivity contribution in [3.8, 4) is 11.5 Å². The van der Waals surface area contributed by atoms with Crippen LogP contribution in [0.2, 0.25) is 0 Å². The molecule has 5 rings (SSSR count). The molecule has 3 aromatic rings. The number of nitrogens with zero attached hydrogens (tertiary/aromatic N) is 4. The Kier molecular flexibility index (Phi) is 8.06. The summed E-state index contributed by atoms with van der Waals surface area (Å²) in [5.74, 6) is 0.877. The highest BCUT2D eigenvalue weighted by Gasteiger charge is 2.39. The molecule has 40 heavy (non-hydrogen) atoms. The van der Waals surface area contributed by atoms with E-state index in [0.29, 0.717) is 23.0 Å². The molecule has 2 amide bonds. The van der Waals surface area contributed by atoms with E-state index in [9.17, 15) is 9.59 Å². The van der Waals surface area contributed by atoms with E-state index in [2.05, 4.69) is 34.6 Å². The molecule has 2 atom stereocenters. The third-order valence-corrected chi connectivity index (χ3v) is 7.94. The predicted octanol–water partition coefficient (Wildman–Crippen LogP) is 4.95. The molecule has 0 spiro atoms. The maximum absolute atomic E-state index is 12.9. The van der Waals surface area contributed by atoms with E-state index in [1.807, 2.05) is 48.3 Å². The van der Waals surface area contributed by atoms with Gasteiger partial charge in [-0.2, -0.15) is 10.1 Å². The van der Waals surface area contributed by atoms with Crippen LogP contribution in [0.15, 0.2) is 82.9 Å². The van der Waals surface area contributed by atoms with Crippen LogP contribution in [0.25, 0.3) is 0 Å². The van der Waals surface area contributed by atoms with Crippen molar-refractivity contribution < 1.29 is 19.1 Å². The van der Waals surface area contributed by atoms with Crippen LogP contribution in [0, 0.1) is 0 Å².